The summed E-state index contributed by atoms with van der Waals surface area (Å²) in [4.78, 5) is 0. The Kier molecular flexibility index (Phi) is 7.87. The molecular formula is C18H28OS2. The van der Waals surface area contributed by atoms with Gasteiger partial charge in [-0.25, -0.2) is 0 Å². The van der Waals surface area contributed by atoms with Gasteiger partial charge in [0, 0.05) is 0 Å². The first-order valence-corrected chi connectivity index (χ1v) is 10.3. The van der Waals surface area contributed by atoms with Gasteiger partial charge < -0.3 is 4.74 Å². The number of methoxy groups -OCH3 is 1. The molecule has 1 heterocycles. The number of benzene rings is 1. The average molecular weight is 325 g/mol. The second kappa shape index (κ2) is 9.68. The molecule has 0 spiro atoms. The minimum Gasteiger partial charge on any atom is -0.497 e. The van der Waals surface area contributed by atoms with E-state index in [9.17, 15) is 0 Å². The van der Waals surface area contributed by atoms with Crippen LogP contribution in [-0.2, 0) is 0 Å². The Balaban J connectivity index is 1.67. The Morgan fingerprint density at radius 2 is 1.67 bits per heavy atom. The second-order valence-corrected chi connectivity index (χ2v) is 8.42. The van der Waals surface area contributed by atoms with Gasteiger partial charge in [-0.1, -0.05) is 51.2 Å². The van der Waals surface area contributed by atoms with Gasteiger partial charge in [-0.15, -0.1) is 23.5 Å². The second-order valence-electron chi connectivity index (χ2n) is 5.84. The van der Waals surface area contributed by atoms with Crippen molar-refractivity contribution in [2.24, 2.45) is 5.92 Å². The van der Waals surface area contributed by atoms with Crippen LogP contribution in [0.15, 0.2) is 24.3 Å². The Bertz CT molecular complexity index is 383. The summed E-state index contributed by atoms with van der Waals surface area (Å²) in [6.45, 7) is 2.29. The van der Waals surface area contributed by atoms with Crippen LogP contribution in [0.5, 0.6) is 5.75 Å². The molecule has 0 unspecified atom stereocenters. The molecule has 1 saturated heterocycles. The highest BCUT2D eigenvalue weighted by atomic mass is 32.2. The van der Waals surface area contributed by atoms with Gasteiger partial charge >= 0.3 is 0 Å². The third kappa shape index (κ3) is 5.78. The van der Waals surface area contributed by atoms with E-state index in [1.54, 1.807) is 7.11 Å². The Hall–Kier alpha value is -0.280. The lowest BCUT2D eigenvalue weighted by atomic mass is 10.0. The summed E-state index contributed by atoms with van der Waals surface area (Å²) in [6.07, 6.45) is 8.48. The number of rotatable bonds is 8. The summed E-state index contributed by atoms with van der Waals surface area (Å²) in [5.74, 6) is 4.54. The number of thioether (sulfide) groups is 2. The molecule has 1 aromatic carbocycles. The maximum absolute atomic E-state index is 5.23. The number of hydrogen-bond donors (Lipinski definition) is 0. The Morgan fingerprint density at radius 1 is 1.00 bits per heavy atom. The fourth-order valence-electron chi connectivity index (χ4n) is 2.70. The molecule has 0 atom stereocenters. The molecule has 2 rings (SSSR count). The number of hydrogen-bond acceptors (Lipinski definition) is 3. The van der Waals surface area contributed by atoms with Crippen molar-refractivity contribution in [3.63, 3.8) is 0 Å². The van der Waals surface area contributed by atoms with Crippen molar-refractivity contribution >= 4 is 23.5 Å². The highest BCUT2D eigenvalue weighted by Gasteiger charge is 2.23. The van der Waals surface area contributed by atoms with E-state index in [4.69, 9.17) is 4.74 Å². The van der Waals surface area contributed by atoms with Crippen molar-refractivity contribution in [2.75, 3.05) is 18.6 Å². The van der Waals surface area contributed by atoms with Gasteiger partial charge in [0.25, 0.3) is 0 Å². The summed E-state index contributed by atoms with van der Waals surface area (Å²) in [5, 5.41) is 0. The van der Waals surface area contributed by atoms with Gasteiger partial charge in [0.05, 0.1) is 11.7 Å². The van der Waals surface area contributed by atoms with Crippen molar-refractivity contribution in [2.45, 2.75) is 50.0 Å². The Labute approximate surface area is 138 Å². The Morgan fingerprint density at radius 3 is 2.29 bits per heavy atom. The van der Waals surface area contributed by atoms with E-state index in [0.717, 1.165) is 11.7 Å². The zero-order valence-corrected chi connectivity index (χ0v) is 15.0. The van der Waals surface area contributed by atoms with Crippen LogP contribution < -0.4 is 4.74 Å². The normalized spacial score (nSPS) is 22.2. The molecule has 3 heteroatoms. The maximum atomic E-state index is 5.23. The van der Waals surface area contributed by atoms with Crippen LogP contribution >= 0.6 is 23.5 Å². The van der Waals surface area contributed by atoms with Gasteiger partial charge in [-0.05, 0) is 41.5 Å². The topological polar surface area (TPSA) is 9.23 Å². The SMILES string of the molecule is CCCCCCCC1CSC(c2ccc(OC)cc2)SC1. The molecule has 21 heavy (non-hydrogen) atoms. The van der Waals surface area contributed by atoms with Crippen LogP contribution in [0.25, 0.3) is 0 Å². The van der Waals surface area contributed by atoms with Crippen LogP contribution in [0, 0.1) is 5.92 Å². The first kappa shape index (κ1) is 17.1. The lowest BCUT2D eigenvalue weighted by Crippen LogP contribution is -2.14. The third-order valence-electron chi connectivity index (χ3n) is 4.07. The minimum atomic E-state index is 0.618. The zero-order valence-electron chi connectivity index (χ0n) is 13.3. The molecule has 118 valence electrons. The van der Waals surface area contributed by atoms with E-state index in [2.05, 4.69) is 54.7 Å². The van der Waals surface area contributed by atoms with Crippen molar-refractivity contribution in [1.29, 1.82) is 0 Å². The first-order valence-electron chi connectivity index (χ1n) is 8.20. The van der Waals surface area contributed by atoms with Gasteiger partial charge in [0.2, 0.25) is 0 Å². The molecule has 1 aliphatic heterocycles. The molecule has 1 nitrogen and oxygen atoms in total. The maximum Gasteiger partial charge on any atom is 0.118 e. The molecule has 1 aliphatic rings. The third-order valence-corrected chi connectivity index (χ3v) is 7.36. The van der Waals surface area contributed by atoms with Crippen molar-refractivity contribution in [3.05, 3.63) is 29.8 Å². The fourth-order valence-corrected chi connectivity index (χ4v) is 5.87. The van der Waals surface area contributed by atoms with Crippen LogP contribution in [0.2, 0.25) is 0 Å². The lowest BCUT2D eigenvalue weighted by Gasteiger charge is -2.28. The predicted molar refractivity (Wildman–Crippen MR) is 97.5 cm³/mol. The van der Waals surface area contributed by atoms with Crippen LogP contribution in [0.3, 0.4) is 0 Å². The highest BCUT2D eigenvalue weighted by Crippen LogP contribution is 2.46. The van der Waals surface area contributed by atoms with Crippen LogP contribution in [-0.4, -0.2) is 18.6 Å². The molecule has 0 aromatic heterocycles. The lowest BCUT2D eigenvalue weighted by molar-refractivity contribution is 0.414. The highest BCUT2D eigenvalue weighted by molar-refractivity contribution is 8.16. The van der Waals surface area contributed by atoms with Gasteiger partial charge in [-0.3, -0.25) is 0 Å². The molecule has 0 amide bonds. The monoisotopic (exact) mass is 324 g/mol. The predicted octanol–water partition coefficient (Wildman–Crippen LogP) is 6.15. The molecule has 0 N–H and O–H groups in total. The number of ether oxygens (including phenoxy) is 1. The minimum absolute atomic E-state index is 0.618. The summed E-state index contributed by atoms with van der Waals surface area (Å²) < 4.78 is 5.85. The summed E-state index contributed by atoms with van der Waals surface area (Å²) in [6, 6.07) is 8.59. The summed E-state index contributed by atoms with van der Waals surface area (Å²) in [7, 11) is 1.73. The summed E-state index contributed by atoms with van der Waals surface area (Å²) >= 11 is 4.26. The van der Waals surface area contributed by atoms with Crippen molar-refractivity contribution in [3.8, 4) is 5.75 Å². The van der Waals surface area contributed by atoms with Crippen LogP contribution in [0.1, 0.15) is 55.6 Å². The standard InChI is InChI=1S/C18H28OS2/c1-3-4-5-6-7-8-15-13-20-18(21-14-15)16-9-11-17(19-2)12-10-16/h9-12,15,18H,3-8,13-14H2,1-2H3. The first-order chi connectivity index (χ1) is 10.3. The van der Waals surface area contributed by atoms with E-state index in [0.29, 0.717) is 4.58 Å². The van der Waals surface area contributed by atoms with E-state index < -0.39 is 0 Å². The van der Waals surface area contributed by atoms with Crippen molar-refractivity contribution < 1.29 is 4.74 Å². The zero-order chi connectivity index (χ0) is 14.9. The molecule has 1 fully saturated rings. The molecule has 1 aromatic rings. The number of unbranched alkanes of at least 4 members (excludes halogenated alkanes) is 4. The van der Waals surface area contributed by atoms with E-state index in [1.165, 1.54) is 55.6 Å². The van der Waals surface area contributed by atoms with Gasteiger partial charge in [0.1, 0.15) is 5.75 Å². The van der Waals surface area contributed by atoms with E-state index in [1.807, 2.05) is 0 Å². The van der Waals surface area contributed by atoms with Crippen molar-refractivity contribution in [1.82, 2.24) is 0 Å². The molecular weight excluding hydrogens is 296 g/mol. The fraction of sp³-hybridized carbons (Fsp3) is 0.667. The van der Waals surface area contributed by atoms with E-state index >= 15 is 0 Å². The average Bonchev–Trinajstić information content (AvgIpc) is 2.55. The molecule has 0 saturated carbocycles. The van der Waals surface area contributed by atoms with E-state index in [-0.39, 0.29) is 0 Å². The molecule has 0 radical (unpaired) electrons. The smallest absolute Gasteiger partial charge is 0.118 e. The summed E-state index contributed by atoms with van der Waals surface area (Å²) in [5.41, 5.74) is 1.44. The van der Waals surface area contributed by atoms with Crippen LogP contribution in [0.4, 0.5) is 0 Å². The largest absolute Gasteiger partial charge is 0.497 e. The molecule has 0 bridgehead atoms. The van der Waals surface area contributed by atoms with Gasteiger partial charge in [0.15, 0.2) is 0 Å². The van der Waals surface area contributed by atoms with Gasteiger partial charge in [-0.2, -0.15) is 0 Å². The quantitative estimate of drug-likeness (QED) is 0.531. The molecule has 0 aliphatic carbocycles.